The minimum Gasteiger partial charge on any atom is -0.385 e. The molecule has 2 heteroatoms. The zero-order valence-electron chi connectivity index (χ0n) is 6.48. The number of hydrogen-bond acceptors (Lipinski definition) is 2. The first-order chi connectivity index (χ1) is 4.66. The summed E-state index contributed by atoms with van der Waals surface area (Å²) in [6, 6.07) is 0. The Bertz CT molecular complexity index is 159. The van der Waals surface area contributed by atoms with Crippen LogP contribution in [-0.2, 0) is 4.79 Å². The van der Waals surface area contributed by atoms with Gasteiger partial charge in [0.15, 0.2) is 5.78 Å². The fraction of sp³-hybridized carbons (Fsp3) is 0.375. The lowest BCUT2D eigenvalue weighted by atomic mass is 10.3. The highest BCUT2D eigenvalue weighted by Gasteiger charge is 1.87. The Morgan fingerprint density at radius 2 is 2.20 bits per heavy atom. The van der Waals surface area contributed by atoms with E-state index in [1.807, 2.05) is 6.92 Å². The van der Waals surface area contributed by atoms with Crippen LogP contribution in [0.3, 0.4) is 0 Å². The first-order valence-electron chi connectivity index (χ1n) is 3.20. The monoisotopic (exact) mass is 139 g/mol. The molecule has 0 aliphatic rings. The Hall–Kier alpha value is -1.05. The van der Waals surface area contributed by atoms with E-state index in [0.717, 1.165) is 5.70 Å². The second-order valence-electron chi connectivity index (χ2n) is 2.11. The van der Waals surface area contributed by atoms with Gasteiger partial charge in [-0.3, -0.25) is 4.79 Å². The third kappa shape index (κ3) is 5.09. The molecule has 0 aliphatic heterocycles. The molecule has 1 N–H and O–H groups in total. The number of ketones is 1. The molecule has 56 valence electrons. The molecule has 0 fully saturated rings. The van der Waals surface area contributed by atoms with Crippen molar-refractivity contribution in [3.63, 3.8) is 0 Å². The van der Waals surface area contributed by atoms with Crippen molar-refractivity contribution < 1.29 is 4.79 Å². The van der Waals surface area contributed by atoms with Crippen molar-refractivity contribution in [2.75, 3.05) is 6.54 Å². The van der Waals surface area contributed by atoms with Gasteiger partial charge >= 0.3 is 0 Å². The quantitative estimate of drug-likeness (QED) is 0.469. The summed E-state index contributed by atoms with van der Waals surface area (Å²) in [6.07, 6.45) is 3.31. The van der Waals surface area contributed by atoms with Gasteiger partial charge in [0.1, 0.15) is 0 Å². The fourth-order valence-corrected chi connectivity index (χ4v) is 0.589. The van der Waals surface area contributed by atoms with Crippen LogP contribution in [-0.4, -0.2) is 12.3 Å². The first-order valence-corrected chi connectivity index (χ1v) is 3.20. The van der Waals surface area contributed by atoms with Gasteiger partial charge in [-0.2, -0.15) is 0 Å². The molecule has 0 saturated carbocycles. The Labute approximate surface area is 61.6 Å². The summed E-state index contributed by atoms with van der Waals surface area (Å²) in [7, 11) is 0. The SMILES string of the molecule is C=CCN/C(C)=C/C(C)=O. The highest BCUT2D eigenvalue weighted by atomic mass is 16.1. The van der Waals surface area contributed by atoms with Crippen molar-refractivity contribution in [3.8, 4) is 0 Å². The number of carbonyl (C=O) groups excluding carboxylic acids is 1. The van der Waals surface area contributed by atoms with E-state index in [1.54, 1.807) is 12.2 Å². The zero-order valence-corrected chi connectivity index (χ0v) is 6.48. The maximum atomic E-state index is 10.5. The Morgan fingerprint density at radius 3 is 2.60 bits per heavy atom. The number of rotatable bonds is 4. The van der Waals surface area contributed by atoms with E-state index in [-0.39, 0.29) is 5.78 Å². The van der Waals surface area contributed by atoms with Crippen LogP contribution >= 0.6 is 0 Å². The molecule has 2 nitrogen and oxygen atoms in total. The first kappa shape index (κ1) is 8.95. The predicted octanol–water partition coefficient (Wildman–Crippen LogP) is 1.25. The van der Waals surface area contributed by atoms with Crippen molar-refractivity contribution in [1.29, 1.82) is 0 Å². The predicted molar refractivity (Wildman–Crippen MR) is 42.6 cm³/mol. The molecule has 0 bridgehead atoms. The molecule has 0 aliphatic carbocycles. The molecule has 10 heavy (non-hydrogen) atoms. The van der Waals surface area contributed by atoms with E-state index in [1.165, 1.54) is 6.92 Å². The summed E-state index contributed by atoms with van der Waals surface area (Å²) in [5, 5.41) is 2.99. The summed E-state index contributed by atoms with van der Waals surface area (Å²) < 4.78 is 0. The molecular formula is C8H13NO. The maximum Gasteiger partial charge on any atom is 0.154 e. The molecule has 0 heterocycles. The molecule has 0 amide bonds. The van der Waals surface area contributed by atoms with Crippen LogP contribution in [0.1, 0.15) is 13.8 Å². The van der Waals surface area contributed by atoms with Gasteiger partial charge < -0.3 is 5.32 Å². The number of carbonyl (C=O) groups is 1. The third-order valence-electron chi connectivity index (χ3n) is 0.945. The fourth-order valence-electron chi connectivity index (χ4n) is 0.589. The van der Waals surface area contributed by atoms with E-state index in [9.17, 15) is 4.79 Å². The van der Waals surface area contributed by atoms with E-state index < -0.39 is 0 Å². The molecule has 0 aromatic rings. The molecule has 0 aromatic heterocycles. The summed E-state index contributed by atoms with van der Waals surface area (Å²) in [4.78, 5) is 10.5. The molecule has 0 atom stereocenters. The van der Waals surface area contributed by atoms with Gasteiger partial charge in [0.05, 0.1) is 0 Å². The Kier molecular flexibility index (Phi) is 4.29. The van der Waals surface area contributed by atoms with Crippen molar-refractivity contribution in [3.05, 3.63) is 24.4 Å². The van der Waals surface area contributed by atoms with E-state index >= 15 is 0 Å². The molecule has 0 saturated heterocycles. The lowest BCUT2D eigenvalue weighted by Crippen LogP contribution is -2.11. The Morgan fingerprint density at radius 1 is 1.60 bits per heavy atom. The van der Waals surface area contributed by atoms with Crippen molar-refractivity contribution in [2.45, 2.75) is 13.8 Å². The lowest BCUT2D eigenvalue weighted by molar-refractivity contribution is -0.112. The second-order valence-corrected chi connectivity index (χ2v) is 2.11. The molecule has 0 aromatic carbocycles. The minimum absolute atomic E-state index is 0.0639. The van der Waals surface area contributed by atoms with Gasteiger partial charge in [-0.05, 0) is 19.9 Å². The summed E-state index contributed by atoms with van der Waals surface area (Å²) in [6.45, 7) is 7.62. The summed E-state index contributed by atoms with van der Waals surface area (Å²) >= 11 is 0. The van der Waals surface area contributed by atoms with Crippen LogP contribution in [0.2, 0.25) is 0 Å². The average molecular weight is 139 g/mol. The number of allylic oxidation sites excluding steroid dienone is 2. The van der Waals surface area contributed by atoms with Gasteiger partial charge in [0, 0.05) is 12.2 Å². The van der Waals surface area contributed by atoms with Crippen molar-refractivity contribution in [1.82, 2.24) is 5.32 Å². The second kappa shape index (κ2) is 4.79. The van der Waals surface area contributed by atoms with Gasteiger partial charge in [-0.15, -0.1) is 6.58 Å². The summed E-state index contributed by atoms with van der Waals surface area (Å²) in [5.41, 5.74) is 0.882. The highest BCUT2D eigenvalue weighted by Crippen LogP contribution is 1.85. The number of hydrogen-bond donors (Lipinski definition) is 1. The van der Waals surface area contributed by atoms with E-state index in [2.05, 4.69) is 11.9 Å². The Balaban J connectivity index is 3.70. The molecule has 0 unspecified atom stereocenters. The van der Waals surface area contributed by atoms with Crippen LogP contribution in [0.25, 0.3) is 0 Å². The molecular weight excluding hydrogens is 126 g/mol. The van der Waals surface area contributed by atoms with Gasteiger partial charge in [-0.25, -0.2) is 0 Å². The van der Waals surface area contributed by atoms with Crippen LogP contribution in [0.5, 0.6) is 0 Å². The van der Waals surface area contributed by atoms with Crippen LogP contribution in [0.4, 0.5) is 0 Å². The standard InChI is InChI=1S/C8H13NO/c1-4-5-9-7(2)6-8(3)10/h4,6,9H,1,5H2,2-3H3/b7-6+. The van der Waals surface area contributed by atoms with Gasteiger partial charge in [0.2, 0.25) is 0 Å². The topological polar surface area (TPSA) is 29.1 Å². The van der Waals surface area contributed by atoms with Gasteiger partial charge in [-0.1, -0.05) is 6.08 Å². The largest absolute Gasteiger partial charge is 0.385 e. The smallest absolute Gasteiger partial charge is 0.154 e. The number of nitrogens with one attached hydrogen (secondary N) is 1. The normalized spacial score (nSPS) is 10.8. The van der Waals surface area contributed by atoms with Crippen LogP contribution in [0, 0.1) is 0 Å². The van der Waals surface area contributed by atoms with Crippen LogP contribution < -0.4 is 5.32 Å². The lowest BCUT2D eigenvalue weighted by Gasteiger charge is -1.99. The zero-order chi connectivity index (χ0) is 7.98. The molecule has 0 spiro atoms. The molecule has 0 rings (SSSR count). The van der Waals surface area contributed by atoms with E-state index in [0.29, 0.717) is 6.54 Å². The summed E-state index contributed by atoms with van der Waals surface area (Å²) in [5.74, 6) is 0.0639. The van der Waals surface area contributed by atoms with Crippen LogP contribution in [0.15, 0.2) is 24.4 Å². The van der Waals surface area contributed by atoms with Crippen molar-refractivity contribution in [2.24, 2.45) is 0 Å². The van der Waals surface area contributed by atoms with Crippen molar-refractivity contribution >= 4 is 5.78 Å². The van der Waals surface area contributed by atoms with Gasteiger partial charge in [0.25, 0.3) is 0 Å². The molecule has 0 radical (unpaired) electrons. The minimum atomic E-state index is 0.0639. The van der Waals surface area contributed by atoms with E-state index in [4.69, 9.17) is 0 Å². The average Bonchev–Trinajstić information content (AvgIpc) is 1.82. The maximum absolute atomic E-state index is 10.5. The highest BCUT2D eigenvalue weighted by molar-refractivity contribution is 5.87. The third-order valence-corrected chi connectivity index (χ3v) is 0.945.